The first kappa shape index (κ1) is 13.3. The largest absolute Gasteiger partial charge is 0.0979 e. The van der Waals surface area contributed by atoms with Gasteiger partial charge >= 0.3 is 0 Å². The van der Waals surface area contributed by atoms with Crippen molar-refractivity contribution in [3.8, 4) is 11.8 Å². The van der Waals surface area contributed by atoms with Gasteiger partial charge in [-0.25, -0.2) is 0 Å². The highest BCUT2D eigenvalue weighted by Crippen LogP contribution is 2.03. The van der Waals surface area contributed by atoms with Crippen molar-refractivity contribution in [1.82, 2.24) is 0 Å². The Morgan fingerprint density at radius 1 is 1.24 bits per heavy atom. The van der Waals surface area contributed by atoms with Gasteiger partial charge in [-0.05, 0) is 18.1 Å². The third-order valence-corrected chi connectivity index (χ3v) is 2.43. The number of rotatable bonds is 5. The van der Waals surface area contributed by atoms with Gasteiger partial charge in [-0.1, -0.05) is 74.6 Å². The van der Waals surface area contributed by atoms with Crippen molar-refractivity contribution in [2.24, 2.45) is 0 Å². The minimum absolute atomic E-state index is 0.880. The zero-order chi connectivity index (χ0) is 12.3. The molecule has 0 heterocycles. The van der Waals surface area contributed by atoms with Crippen molar-refractivity contribution in [3.05, 3.63) is 54.1 Å². The standard InChI is InChI=1S/C17H20/c1-3-4-5-6-8-11-16(2)14-15-17-12-9-7-10-13-17/h7,9-10,12-15H,2-6H2,1H3/b15-14+. The van der Waals surface area contributed by atoms with Gasteiger partial charge < -0.3 is 0 Å². The molecule has 0 bridgehead atoms. The number of hydrogen-bond donors (Lipinski definition) is 0. The monoisotopic (exact) mass is 224 g/mol. The van der Waals surface area contributed by atoms with Crippen LogP contribution in [0.3, 0.4) is 0 Å². The Morgan fingerprint density at radius 2 is 2.00 bits per heavy atom. The Morgan fingerprint density at radius 3 is 2.71 bits per heavy atom. The molecule has 0 N–H and O–H groups in total. The quantitative estimate of drug-likeness (QED) is 0.381. The highest BCUT2D eigenvalue weighted by atomic mass is 13.9. The van der Waals surface area contributed by atoms with Crippen LogP contribution in [0, 0.1) is 11.8 Å². The summed E-state index contributed by atoms with van der Waals surface area (Å²) in [6, 6.07) is 10.2. The number of benzene rings is 1. The smallest absolute Gasteiger partial charge is 0.0173 e. The summed E-state index contributed by atoms with van der Waals surface area (Å²) in [6.07, 6.45) is 8.70. The molecule has 0 aromatic heterocycles. The minimum atomic E-state index is 0.880. The molecule has 1 aromatic rings. The van der Waals surface area contributed by atoms with E-state index in [-0.39, 0.29) is 0 Å². The van der Waals surface area contributed by atoms with Crippen LogP contribution in [0.15, 0.2) is 48.6 Å². The Kier molecular flexibility index (Phi) is 6.60. The first-order valence-corrected chi connectivity index (χ1v) is 6.24. The summed E-state index contributed by atoms with van der Waals surface area (Å²) in [4.78, 5) is 0. The highest BCUT2D eigenvalue weighted by molar-refractivity contribution is 5.55. The molecule has 0 saturated carbocycles. The van der Waals surface area contributed by atoms with Crippen LogP contribution >= 0.6 is 0 Å². The van der Waals surface area contributed by atoms with Crippen molar-refractivity contribution >= 4 is 6.08 Å². The average molecular weight is 224 g/mol. The maximum Gasteiger partial charge on any atom is 0.0173 e. The molecule has 0 aliphatic carbocycles. The lowest BCUT2D eigenvalue weighted by atomic mass is 10.1. The first-order valence-electron chi connectivity index (χ1n) is 6.24. The normalized spacial score (nSPS) is 9.94. The molecule has 17 heavy (non-hydrogen) atoms. The average Bonchev–Trinajstić information content (AvgIpc) is 2.37. The van der Waals surface area contributed by atoms with E-state index in [1.54, 1.807) is 0 Å². The molecule has 0 atom stereocenters. The second-order valence-electron chi connectivity index (χ2n) is 4.03. The molecule has 0 nitrogen and oxygen atoms in total. The number of allylic oxidation sites excluding steroid dienone is 2. The number of unbranched alkanes of at least 4 members (excludes halogenated alkanes) is 3. The maximum absolute atomic E-state index is 3.93. The molecule has 1 rings (SSSR count). The van der Waals surface area contributed by atoms with Gasteiger partial charge in [0.05, 0.1) is 0 Å². The van der Waals surface area contributed by atoms with Crippen LogP contribution in [0.25, 0.3) is 6.08 Å². The van der Waals surface area contributed by atoms with Crippen LogP contribution in [0.2, 0.25) is 0 Å². The molecule has 0 heteroatoms. The highest BCUT2D eigenvalue weighted by Gasteiger charge is 1.84. The molecule has 0 spiro atoms. The summed E-state index contributed by atoms with van der Waals surface area (Å²) in [7, 11) is 0. The first-order chi connectivity index (χ1) is 8.33. The van der Waals surface area contributed by atoms with Gasteiger partial charge in [0.25, 0.3) is 0 Å². The third kappa shape index (κ3) is 6.43. The Labute approximate surface area is 105 Å². The summed E-state index contributed by atoms with van der Waals surface area (Å²) in [6.45, 7) is 6.13. The molecule has 88 valence electrons. The van der Waals surface area contributed by atoms with Gasteiger partial charge in [0.15, 0.2) is 0 Å². The van der Waals surface area contributed by atoms with Crippen LogP contribution in [0.5, 0.6) is 0 Å². The molecular formula is C17H20. The summed E-state index contributed by atoms with van der Waals surface area (Å²) in [5, 5.41) is 0. The van der Waals surface area contributed by atoms with Gasteiger partial charge in [0, 0.05) is 12.0 Å². The second-order valence-corrected chi connectivity index (χ2v) is 4.03. The molecule has 0 radical (unpaired) electrons. The van der Waals surface area contributed by atoms with Gasteiger partial charge in [0.2, 0.25) is 0 Å². The van der Waals surface area contributed by atoms with E-state index in [0.29, 0.717) is 0 Å². The van der Waals surface area contributed by atoms with E-state index in [1.807, 2.05) is 30.4 Å². The molecule has 0 aliphatic heterocycles. The van der Waals surface area contributed by atoms with Crippen molar-refractivity contribution in [1.29, 1.82) is 0 Å². The van der Waals surface area contributed by atoms with E-state index in [9.17, 15) is 0 Å². The number of hydrogen-bond acceptors (Lipinski definition) is 0. The summed E-state index contributed by atoms with van der Waals surface area (Å²) >= 11 is 0. The van der Waals surface area contributed by atoms with Crippen LogP contribution in [-0.2, 0) is 0 Å². The Hall–Kier alpha value is -1.74. The van der Waals surface area contributed by atoms with Crippen LogP contribution in [0.4, 0.5) is 0 Å². The lowest BCUT2D eigenvalue weighted by molar-refractivity contribution is 0.737. The minimum Gasteiger partial charge on any atom is -0.0979 e. The van der Waals surface area contributed by atoms with E-state index in [0.717, 1.165) is 12.0 Å². The molecule has 0 fully saturated rings. The zero-order valence-corrected chi connectivity index (χ0v) is 10.6. The maximum atomic E-state index is 3.93. The van der Waals surface area contributed by atoms with Crippen LogP contribution < -0.4 is 0 Å². The molecule has 0 unspecified atom stereocenters. The SMILES string of the molecule is C=C(C#CCCCCC)/C=C/c1ccccc1. The molecule has 0 saturated heterocycles. The predicted octanol–water partition coefficient (Wildman–Crippen LogP) is 4.84. The molecule has 1 aromatic carbocycles. The lowest BCUT2D eigenvalue weighted by Gasteiger charge is -1.91. The topological polar surface area (TPSA) is 0 Å². The van der Waals surface area contributed by atoms with Crippen LogP contribution in [0.1, 0.15) is 38.2 Å². The van der Waals surface area contributed by atoms with Gasteiger partial charge in [0.1, 0.15) is 0 Å². The van der Waals surface area contributed by atoms with Gasteiger partial charge in [-0.3, -0.25) is 0 Å². The lowest BCUT2D eigenvalue weighted by Crippen LogP contribution is -1.73. The van der Waals surface area contributed by atoms with E-state index in [4.69, 9.17) is 0 Å². The van der Waals surface area contributed by atoms with Crippen LogP contribution in [-0.4, -0.2) is 0 Å². The van der Waals surface area contributed by atoms with Crippen molar-refractivity contribution < 1.29 is 0 Å². The van der Waals surface area contributed by atoms with E-state index in [2.05, 4.69) is 37.5 Å². The molecular weight excluding hydrogens is 204 g/mol. The molecule has 0 amide bonds. The second kappa shape index (κ2) is 8.42. The summed E-state index contributed by atoms with van der Waals surface area (Å²) in [5.41, 5.74) is 2.06. The summed E-state index contributed by atoms with van der Waals surface area (Å²) in [5.74, 6) is 6.24. The van der Waals surface area contributed by atoms with Crippen molar-refractivity contribution in [3.63, 3.8) is 0 Å². The fourth-order valence-corrected chi connectivity index (χ4v) is 1.44. The molecule has 0 aliphatic rings. The summed E-state index contributed by atoms with van der Waals surface area (Å²) < 4.78 is 0. The van der Waals surface area contributed by atoms with Gasteiger partial charge in [-0.2, -0.15) is 0 Å². The van der Waals surface area contributed by atoms with Crippen molar-refractivity contribution in [2.45, 2.75) is 32.6 Å². The third-order valence-electron chi connectivity index (χ3n) is 2.43. The van der Waals surface area contributed by atoms with Gasteiger partial charge in [-0.15, -0.1) is 0 Å². The van der Waals surface area contributed by atoms with E-state index in [1.165, 1.54) is 24.8 Å². The Bertz CT molecular complexity index is 412. The zero-order valence-electron chi connectivity index (χ0n) is 10.6. The fraction of sp³-hybridized carbons (Fsp3) is 0.294. The predicted molar refractivity (Wildman–Crippen MR) is 76.5 cm³/mol. The van der Waals surface area contributed by atoms with E-state index < -0.39 is 0 Å². The Balaban J connectivity index is 2.36. The van der Waals surface area contributed by atoms with E-state index >= 15 is 0 Å². The van der Waals surface area contributed by atoms with Crippen molar-refractivity contribution in [2.75, 3.05) is 0 Å². The fourth-order valence-electron chi connectivity index (χ4n) is 1.44.